The summed E-state index contributed by atoms with van der Waals surface area (Å²) in [6.07, 6.45) is 3.36. The Kier molecular flexibility index (Phi) is 6.79. The second-order valence-electron chi connectivity index (χ2n) is 6.77. The van der Waals surface area contributed by atoms with E-state index in [1.54, 1.807) is 13.2 Å². The number of methoxy groups -OCH3 is 1. The molecule has 1 saturated heterocycles. The number of hydrogen-bond donors (Lipinski definition) is 2. The molecule has 1 aromatic heterocycles. The van der Waals surface area contributed by atoms with Gasteiger partial charge in [-0.15, -0.1) is 0 Å². The molecule has 1 atom stereocenters. The van der Waals surface area contributed by atoms with E-state index in [0.29, 0.717) is 18.0 Å². The standard InChI is InChI=1S/C21H27N3O3/c1-27-20-7-4-6-19(23-20)16-8-10-17(11-9-16)21(26)22-12-14-24-13-3-2-5-18(24)15-25/h4,6-11,18,25H,2-3,5,12-15H2,1H3,(H,22,26). The Morgan fingerprint density at radius 1 is 1.26 bits per heavy atom. The largest absolute Gasteiger partial charge is 0.481 e. The molecule has 0 bridgehead atoms. The second kappa shape index (κ2) is 9.48. The summed E-state index contributed by atoms with van der Waals surface area (Å²) in [4.78, 5) is 19.0. The van der Waals surface area contributed by atoms with Crippen LogP contribution in [0.2, 0.25) is 0 Å². The lowest BCUT2D eigenvalue weighted by molar-refractivity contribution is 0.0849. The maximum atomic E-state index is 12.4. The van der Waals surface area contributed by atoms with Crippen LogP contribution in [-0.2, 0) is 0 Å². The Bertz CT molecular complexity index is 749. The predicted octanol–water partition coefficient (Wildman–Crippen LogP) is 2.33. The van der Waals surface area contributed by atoms with Crippen molar-refractivity contribution in [1.82, 2.24) is 15.2 Å². The molecule has 0 radical (unpaired) electrons. The summed E-state index contributed by atoms with van der Waals surface area (Å²) in [7, 11) is 1.59. The van der Waals surface area contributed by atoms with E-state index in [4.69, 9.17) is 4.74 Å². The van der Waals surface area contributed by atoms with Gasteiger partial charge < -0.3 is 15.2 Å². The number of aromatic nitrogens is 1. The highest BCUT2D eigenvalue weighted by molar-refractivity contribution is 5.94. The first-order chi connectivity index (χ1) is 13.2. The molecule has 6 nitrogen and oxygen atoms in total. The number of piperidine rings is 1. The van der Waals surface area contributed by atoms with E-state index >= 15 is 0 Å². The molecule has 2 aromatic rings. The van der Waals surface area contributed by atoms with Crippen molar-refractivity contribution in [2.75, 3.05) is 33.4 Å². The molecular formula is C21H27N3O3. The van der Waals surface area contributed by atoms with Gasteiger partial charge in [0.25, 0.3) is 5.91 Å². The summed E-state index contributed by atoms with van der Waals surface area (Å²) in [5, 5.41) is 12.4. The van der Waals surface area contributed by atoms with E-state index in [9.17, 15) is 9.90 Å². The van der Waals surface area contributed by atoms with Gasteiger partial charge in [0.2, 0.25) is 5.88 Å². The van der Waals surface area contributed by atoms with Crippen molar-refractivity contribution in [3.63, 3.8) is 0 Å². The summed E-state index contributed by atoms with van der Waals surface area (Å²) in [6, 6.07) is 13.2. The van der Waals surface area contributed by atoms with Crippen LogP contribution in [0.5, 0.6) is 5.88 Å². The lowest BCUT2D eigenvalue weighted by Crippen LogP contribution is -2.45. The molecule has 0 spiro atoms. The number of hydrogen-bond acceptors (Lipinski definition) is 5. The highest BCUT2D eigenvalue weighted by atomic mass is 16.5. The zero-order valence-electron chi connectivity index (χ0n) is 15.7. The van der Waals surface area contributed by atoms with Crippen molar-refractivity contribution in [1.29, 1.82) is 0 Å². The molecule has 1 aliphatic heterocycles. The molecule has 0 saturated carbocycles. The van der Waals surface area contributed by atoms with Gasteiger partial charge >= 0.3 is 0 Å². The number of pyridine rings is 1. The minimum absolute atomic E-state index is 0.0855. The Morgan fingerprint density at radius 2 is 2.07 bits per heavy atom. The van der Waals surface area contributed by atoms with Crippen molar-refractivity contribution in [2.45, 2.75) is 25.3 Å². The zero-order chi connectivity index (χ0) is 19.1. The maximum absolute atomic E-state index is 12.4. The van der Waals surface area contributed by atoms with E-state index in [0.717, 1.165) is 37.2 Å². The number of likely N-dealkylation sites (tertiary alicyclic amines) is 1. The van der Waals surface area contributed by atoms with Crippen molar-refractivity contribution < 1.29 is 14.6 Å². The van der Waals surface area contributed by atoms with Crippen LogP contribution in [0.4, 0.5) is 0 Å². The molecule has 6 heteroatoms. The Morgan fingerprint density at radius 3 is 2.81 bits per heavy atom. The molecule has 2 N–H and O–H groups in total. The number of benzene rings is 1. The Labute approximate surface area is 160 Å². The number of ether oxygens (including phenoxy) is 1. The second-order valence-corrected chi connectivity index (χ2v) is 6.77. The normalized spacial score (nSPS) is 17.5. The van der Waals surface area contributed by atoms with E-state index in [2.05, 4.69) is 15.2 Å². The molecule has 1 fully saturated rings. The highest BCUT2D eigenvalue weighted by Crippen LogP contribution is 2.20. The van der Waals surface area contributed by atoms with E-state index in [-0.39, 0.29) is 18.6 Å². The van der Waals surface area contributed by atoms with Crippen LogP contribution in [-0.4, -0.2) is 60.3 Å². The fourth-order valence-electron chi connectivity index (χ4n) is 3.46. The number of carbonyl (C=O) groups is 1. The van der Waals surface area contributed by atoms with Crippen LogP contribution in [0.3, 0.4) is 0 Å². The Hall–Kier alpha value is -2.44. The summed E-state index contributed by atoms with van der Waals surface area (Å²) in [5.74, 6) is 0.478. The minimum Gasteiger partial charge on any atom is -0.481 e. The topological polar surface area (TPSA) is 74.7 Å². The first kappa shape index (κ1) is 19.3. The molecule has 1 unspecified atom stereocenters. The molecular weight excluding hydrogens is 342 g/mol. The van der Waals surface area contributed by atoms with Gasteiger partial charge in [0.05, 0.1) is 19.4 Å². The number of nitrogens with one attached hydrogen (secondary N) is 1. The monoisotopic (exact) mass is 369 g/mol. The molecule has 1 amide bonds. The average Bonchev–Trinajstić information content (AvgIpc) is 2.74. The Balaban J connectivity index is 1.54. The van der Waals surface area contributed by atoms with Crippen molar-refractivity contribution in [2.24, 2.45) is 0 Å². The minimum atomic E-state index is -0.0855. The summed E-state index contributed by atoms with van der Waals surface area (Å²) >= 11 is 0. The fraction of sp³-hybridized carbons (Fsp3) is 0.429. The summed E-state index contributed by atoms with van der Waals surface area (Å²) < 4.78 is 5.15. The van der Waals surface area contributed by atoms with Gasteiger partial charge in [0, 0.05) is 36.3 Å². The zero-order valence-corrected chi connectivity index (χ0v) is 15.7. The average molecular weight is 369 g/mol. The lowest BCUT2D eigenvalue weighted by atomic mass is 10.0. The third kappa shape index (κ3) is 5.05. The number of amides is 1. The lowest BCUT2D eigenvalue weighted by Gasteiger charge is -2.34. The quantitative estimate of drug-likeness (QED) is 0.784. The first-order valence-electron chi connectivity index (χ1n) is 9.46. The molecule has 1 aromatic carbocycles. The molecule has 0 aliphatic carbocycles. The summed E-state index contributed by atoms with van der Waals surface area (Å²) in [5.41, 5.74) is 2.37. The molecule has 2 heterocycles. The van der Waals surface area contributed by atoms with Crippen LogP contribution in [0, 0.1) is 0 Å². The van der Waals surface area contributed by atoms with E-state index in [1.807, 2.05) is 36.4 Å². The third-order valence-electron chi connectivity index (χ3n) is 5.02. The number of aliphatic hydroxyl groups excluding tert-OH is 1. The SMILES string of the molecule is COc1cccc(-c2ccc(C(=O)NCCN3CCCCC3CO)cc2)n1. The van der Waals surface area contributed by atoms with Gasteiger partial charge in [-0.3, -0.25) is 9.69 Å². The fourth-order valence-corrected chi connectivity index (χ4v) is 3.46. The highest BCUT2D eigenvalue weighted by Gasteiger charge is 2.21. The van der Waals surface area contributed by atoms with Gasteiger partial charge in [0.15, 0.2) is 0 Å². The number of carbonyl (C=O) groups excluding carboxylic acids is 1. The molecule has 27 heavy (non-hydrogen) atoms. The van der Waals surface area contributed by atoms with Crippen LogP contribution < -0.4 is 10.1 Å². The number of rotatable bonds is 7. The van der Waals surface area contributed by atoms with Crippen LogP contribution in [0.1, 0.15) is 29.6 Å². The van der Waals surface area contributed by atoms with Gasteiger partial charge in [-0.2, -0.15) is 0 Å². The first-order valence-corrected chi connectivity index (χ1v) is 9.46. The van der Waals surface area contributed by atoms with Crippen molar-refractivity contribution in [3.05, 3.63) is 48.0 Å². The maximum Gasteiger partial charge on any atom is 0.251 e. The van der Waals surface area contributed by atoms with Crippen molar-refractivity contribution >= 4 is 5.91 Å². The summed E-state index contributed by atoms with van der Waals surface area (Å²) in [6.45, 7) is 2.52. The van der Waals surface area contributed by atoms with Crippen molar-refractivity contribution in [3.8, 4) is 17.1 Å². The van der Waals surface area contributed by atoms with Gasteiger partial charge in [-0.1, -0.05) is 24.6 Å². The van der Waals surface area contributed by atoms with Gasteiger partial charge in [0.1, 0.15) is 0 Å². The third-order valence-corrected chi connectivity index (χ3v) is 5.02. The van der Waals surface area contributed by atoms with E-state index < -0.39 is 0 Å². The molecule has 1 aliphatic rings. The smallest absolute Gasteiger partial charge is 0.251 e. The number of aliphatic hydroxyl groups is 1. The van der Waals surface area contributed by atoms with Crippen LogP contribution in [0.25, 0.3) is 11.3 Å². The van der Waals surface area contributed by atoms with E-state index in [1.165, 1.54) is 6.42 Å². The van der Waals surface area contributed by atoms with Gasteiger partial charge in [-0.05, 0) is 37.6 Å². The van der Waals surface area contributed by atoms with Crippen LogP contribution in [0.15, 0.2) is 42.5 Å². The molecule has 144 valence electrons. The van der Waals surface area contributed by atoms with Gasteiger partial charge in [-0.25, -0.2) is 4.98 Å². The van der Waals surface area contributed by atoms with Crippen LogP contribution >= 0.6 is 0 Å². The molecule has 3 rings (SSSR count). The predicted molar refractivity (Wildman–Crippen MR) is 105 cm³/mol. The number of nitrogens with zero attached hydrogens (tertiary/aromatic N) is 2.